The van der Waals surface area contributed by atoms with E-state index in [2.05, 4.69) is 30.7 Å². The third-order valence-electron chi connectivity index (χ3n) is 5.56. The minimum Gasteiger partial charge on any atom is -0.339 e. The molecule has 0 aliphatic carbocycles. The van der Waals surface area contributed by atoms with E-state index >= 15 is 0 Å². The Morgan fingerprint density at radius 2 is 1.70 bits per heavy atom. The van der Waals surface area contributed by atoms with E-state index in [1.807, 2.05) is 29.2 Å². The Kier molecular flexibility index (Phi) is 5.02. The van der Waals surface area contributed by atoms with Crippen LogP contribution in [-0.2, 0) is 0 Å². The van der Waals surface area contributed by atoms with E-state index in [9.17, 15) is 4.79 Å². The van der Waals surface area contributed by atoms with Gasteiger partial charge in [0.05, 0.1) is 0 Å². The highest BCUT2D eigenvalue weighted by Crippen LogP contribution is 2.21. The van der Waals surface area contributed by atoms with Crippen molar-refractivity contribution in [3.05, 3.63) is 35.4 Å². The maximum atomic E-state index is 12.6. The van der Waals surface area contributed by atoms with Crippen LogP contribution in [0.25, 0.3) is 0 Å². The van der Waals surface area contributed by atoms with Crippen LogP contribution in [0.15, 0.2) is 24.3 Å². The predicted molar refractivity (Wildman–Crippen MR) is 93.8 cm³/mol. The number of piperidine rings is 1. The quantitative estimate of drug-likeness (QED) is 0.837. The van der Waals surface area contributed by atoms with E-state index in [0.29, 0.717) is 12.1 Å². The number of hydrogen-bond donors (Lipinski definition) is 0. The van der Waals surface area contributed by atoms with Crippen molar-refractivity contribution in [3.63, 3.8) is 0 Å². The Morgan fingerprint density at radius 1 is 1.04 bits per heavy atom. The van der Waals surface area contributed by atoms with Crippen LogP contribution in [0.2, 0.25) is 0 Å². The topological polar surface area (TPSA) is 26.8 Å². The fourth-order valence-corrected chi connectivity index (χ4v) is 3.72. The van der Waals surface area contributed by atoms with Crippen molar-refractivity contribution in [3.8, 4) is 0 Å². The van der Waals surface area contributed by atoms with Gasteiger partial charge in [-0.3, -0.25) is 9.69 Å². The standard InChI is InChI=1S/C19H29N3O/c1-15-4-6-17(7-5-15)19(23)21-10-8-18(9-11-21)22-13-12-20(3)16(2)14-22/h4-7,16,18H,8-14H2,1-3H3. The van der Waals surface area contributed by atoms with E-state index < -0.39 is 0 Å². The van der Waals surface area contributed by atoms with Gasteiger partial charge >= 0.3 is 0 Å². The van der Waals surface area contributed by atoms with E-state index in [1.54, 1.807) is 0 Å². The number of likely N-dealkylation sites (tertiary alicyclic amines) is 1. The van der Waals surface area contributed by atoms with Crippen molar-refractivity contribution < 1.29 is 4.79 Å². The lowest BCUT2D eigenvalue weighted by Gasteiger charge is -2.44. The summed E-state index contributed by atoms with van der Waals surface area (Å²) >= 11 is 0. The Bertz CT molecular complexity index is 534. The number of hydrogen-bond acceptors (Lipinski definition) is 3. The van der Waals surface area contributed by atoms with Crippen LogP contribution in [0.4, 0.5) is 0 Å². The first-order chi connectivity index (χ1) is 11.0. The first-order valence-corrected chi connectivity index (χ1v) is 8.85. The molecule has 0 radical (unpaired) electrons. The molecule has 1 amide bonds. The fourth-order valence-electron chi connectivity index (χ4n) is 3.72. The lowest BCUT2D eigenvalue weighted by atomic mass is 10.00. The average Bonchev–Trinajstić information content (AvgIpc) is 2.57. The average molecular weight is 315 g/mol. The van der Waals surface area contributed by atoms with Gasteiger partial charge in [-0.2, -0.15) is 0 Å². The summed E-state index contributed by atoms with van der Waals surface area (Å²) in [5.74, 6) is 0.190. The second-order valence-electron chi connectivity index (χ2n) is 7.21. The Balaban J connectivity index is 1.54. The van der Waals surface area contributed by atoms with Crippen LogP contribution in [-0.4, -0.2) is 72.5 Å². The molecule has 126 valence electrons. The van der Waals surface area contributed by atoms with Crippen LogP contribution in [0.5, 0.6) is 0 Å². The molecule has 3 rings (SSSR count). The molecule has 4 heteroatoms. The molecule has 0 bridgehead atoms. The molecular weight excluding hydrogens is 286 g/mol. The highest BCUT2D eigenvalue weighted by molar-refractivity contribution is 5.94. The predicted octanol–water partition coefficient (Wildman–Crippen LogP) is 2.24. The summed E-state index contributed by atoms with van der Waals surface area (Å²) in [5, 5.41) is 0. The highest BCUT2D eigenvalue weighted by Gasteiger charge is 2.30. The molecule has 1 aromatic rings. The number of carbonyl (C=O) groups excluding carboxylic acids is 1. The van der Waals surface area contributed by atoms with Gasteiger partial charge in [0.25, 0.3) is 5.91 Å². The summed E-state index contributed by atoms with van der Waals surface area (Å²) in [6.07, 6.45) is 2.21. The van der Waals surface area contributed by atoms with Crippen LogP contribution < -0.4 is 0 Å². The number of benzene rings is 1. The molecule has 0 spiro atoms. The molecule has 1 atom stereocenters. The molecule has 2 fully saturated rings. The Hall–Kier alpha value is -1.39. The number of amides is 1. The van der Waals surface area contributed by atoms with Gasteiger partial charge in [-0.05, 0) is 45.9 Å². The van der Waals surface area contributed by atoms with Gasteiger partial charge in [-0.25, -0.2) is 0 Å². The molecule has 1 aromatic carbocycles. The third-order valence-corrected chi connectivity index (χ3v) is 5.56. The van der Waals surface area contributed by atoms with E-state index in [-0.39, 0.29) is 5.91 Å². The van der Waals surface area contributed by atoms with Gasteiger partial charge in [0.15, 0.2) is 0 Å². The molecule has 2 heterocycles. The monoisotopic (exact) mass is 315 g/mol. The zero-order valence-corrected chi connectivity index (χ0v) is 14.7. The maximum Gasteiger partial charge on any atom is 0.253 e. The Labute approximate surface area is 140 Å². The molecule has 2 saturated heterocycles. The molecule has 1 unspecified atom stereocenters. The molecule has 0 N–H and O–H groups in total. The van der Waals surface area contributed by atoms with E-state index in [1.165, 1.54) is 5.56 Å². The van der Waals surface area contributed by atoms with Crippen molar-refractivity contribution in [1.29, 1.82) is 0 Å². The summed E-state index contributed by atoms with van der Waals surface area (Å²) in [5.41, 5.74) is 2.02. The molecule has 2 aliphatic rings. The van der Waals surface area contributed by atoms with Crippen LogP contribution >= 0.6 is 0 Å². The minimum absolute atomic E-state index is 0.190. The molecule has 23 heavy (non-hydrogen) atoms. The van der Waals surface area contributed by atoms with Crippen molar-refractivity contribution in [2.45, 2.75) is 38.8 Å². The van der Waals surface area contributed by atoms with Crippen molar-refractivity contribution in [2.24, 2.45) is 0 Å². The summed E-state index contributed by atoms with van der Waals surface area (Å²) in [6.45, 7) is 9.61. The maximum absolute atomic E-state index is 12.6. The molecule has 0 aromatic heterocycles. The second kappa shape index (κ2) is 7.02. The zero-order valence-electron chi connectivity index (χ0n) is 14.7. The van der Waals surface area contributed by atoms with Gasteiger partial charge < -0.3 is 9.80 Å². The molecule has 0 saturated carbocycles. The molecule has 4 nitrogen and oxygen atoms in total. The van der Waals surface area contributed by atoms with Gasteiger partial charge in [-0.15, -0.1) is 0 Å². The first-order valence-electron chi connectivity index (χ1n) is 8.85. The first kappa shape index (κ1) is 16.5. The lowest BCUT2D eigenvalue weighted by molar-refractivity contribution is 0.0375. The number of carbonyl (C=O) groups is 1. The fraction of sp³-hybridized carbons (Fsp3) is 0.632. The zero-order chi connectivity index (χ0) is 16.4. The Morgan fingerprint density at radius 3 is 2.30 bits per heavy atom. The normalized spacial score (nSPS) is 24.8. The smallest absolute Gasteiger partial charge is 0.253 e. The summed E-state index contributed by atoms with van der Waals surface area (Å²) in [6, 6.07) is 9.22. The van der Waals surface area contributed by atoms with E-state index in [0.717, 1.165) is 51.1 Å². The lowest BCUT2D eigenvalue weighted by Crippen LogP contribution is -2.55. The van der Waals surface area contributed by atoms with Crippen LogP contribution in [0.1, 0.15) is 35.7 Å². The van der Waals surface area contributed by atoms with Crippen LogP contribution in [0.3, 0.4) is 0 Å². The van der Waals surface area contributed by atoms with Gasteiger partial charge in [0.2, 0.25) is 0 Å². The number of aryl methyl sites for hydroxylation is 1. The second-order valence-corrected chi connectivity index (χ2v) is 7.21. The summed E-state index contributed by atoms with van der Waals surface area (Å²) < 4.78 is 0. The van der Waals surface area contributed by atoms with Gasteiger partial charge in [0, 0.05) is 50.4 Å². The number of likely N-dealkylation sites (N-methyl/N-ethyl adjacent to an activating group) is 1. The van der Waals surface area contributed by atoms with Gasteiger partial charge in [-0.1, -0.05) is 17.7 Å². The number of nitrogens with zero attached hydrogens (tertiary/aromatic N) is 3. The highest BCUT2D eigenvalue weighted by atomic mass is 16.2. The van der Waals surface area contributed by atoms with Crippen molar-refractivity contribution >= 4 is 5.91 Å². The number of rotatable bonds is 2. The molecular formula is C19H29N3O. The van der Waals surface area contributed by atoms with E-state index in [4.69, 9.17) is 0 Å². The van der Waals surface area contributed by atoms with Crippen molar-refractivity contribution in [2.75, 3.05) is 39.8 Å². The van der Waals surface area contributed by atoms with Crippen LogP contribution in [0, 0.1) is 6.92 Å². The molecule has 2 aliphatic heterocycles. The SMILES string of the molecule is Cc1ccc(C(=O)N2CCC(N3CCN(C)C(C)C3)CC2)cc1. The summed E-state index contributed by atoms with van der Waals surface area (Å²) in [4.78, 5) is 19.7. The largest absolute Gasteiger partial charge is 0.339 e. The van der Waals surface area contributed by atoms with Gasteiger partial charge in [0.1, 0.15) is 0 Å². The number of piperazine rings is 1. The third kappa shape index (κ3) is 3.75. The summed E-state index contributed by atoms with van der Waals surface area (Å²) in [7, 11) is 2.21. The minimum atomic E-state index is 0.190. The van der Waals surface area contributed by atoms with Crippen molar-refractivity contribution in [1.82, 2.24) is 14.7 Å².